The van der Waals surface area contributed by atoms with Crippen molar-refractivity contribution in [1.82, 2.24) is 47.0 Å². The summed E-state index contributed by atoms with van der Waals surface area (Å²) in [4.78, 5) is 151. The van der Waals surface area contributed by atoms with Crippen molar-refractivity contribution < 1.29 is 53.1 Å². The van der Waals surface area contributed by atoms with E-state index in [0.717, 1.165) is 38.4 Å². The molecule has 2 fully saturated rings. The summed E-state index contributed by atoms with van der Waals surface area (Å²) in [6.45, 7) is 16.3. The molecule has 12 N–H and O–H groups in total. The van der Waals surface area contributed by atoms with Crippen LogP contribution in [-0.4, -0.2) is 161 Å². The van der Waals surface area contributed by atoms with E-state index in [9.17, 15) is 53.1 Å². The molecule has 1 aliphatic carbocycles. The Morgan fingerprint density at radius 1 is 0.523 bits per heavy atom. The van der Waals surface area contributed by atoms with Crippen molar-refractivity contribution in [1.29, 1.82) is 0 Å². The van der Waals surface area contributed by atoms with Gasteiger partial charge in [0.2, 0.25) is 47.3 Å². The number of ketones is 1. The van der Waals surface area contributed by atoms with Crippen LogP contribution in [0.1, 0.15) is 165 Å². The first kappa shape index (κ1) is 68.6. The van der Waals surface area contributed by atoms with Gasteiger partial charge in [0.25, 0.3) is 5.91 Å². The highest BCUT2D eigenvalue weighted by Crippen LogP contribution is 2.45. The summed E-state index contributed by atoms with van der Waals surface area (Å²) in [6, 6.07) is 1.96. The summed E-state index contributed by atoms with van der Waals surface area (Å²) >= 11 is 2.62. The summed E-state index contributed by atoms with van der Waals surface area (Å²) in [6.07, 6.45) is 3.04. The number of Topliss-reactive ketones (excluding diaryl/α,β-unsaturated/α-hetero) is 1. The van der Waals surface area contributed by atoms with E-state index in [1.54, 1.807) is 65.8 Å². The van der Waals surface area contributed by atoms with Gasteiger partial charge in [-0.2, -0.15) is 0 Å². The first-order valence-electron chi connectivity index (χ1n) is 31.2. The summed E-state index contributed by atoms with van der Waals surface area (Å²) in [5.41, 5.74) is 16.4. The van der Waals surface area contributed by atoms with E-state index in [2.05, 4.69) is 37.2 Å². The molecule has 0 unspecified atom stereocenters. The topological polar surface area (TPSA) is 334 Å². The number of hydrogen-bond donors (Lipinski definition) is 10. The fourth-order valence-electron chi connectivity index (χ4n) is 12.3. The molecule has 24 heteroatoms. The zero-order valence-corrected chi connectivity index (χ0v) is 53.9. The van der Waals surface area contributed by atoms with Crippen LogP contribution in [0.25, 0.3) is 11.1 Å². The average molecular weight is 1250 g/mol. The number of nitrogens with two attached hydrogens (primary N) is 2. The Morgan fingerprint density at radius 3 is 1.47 bits per heavy atom. The van der Waals surface area contributed by atoms with Crippen LogP contribution in [-0.2, 0) is 44.8 Å². The molecule has 22 nitrogen and oxygen atoms in total. The molecule has 88 heavy (non-hydrogen) atoms. The lowest BCUT2D eigenvalue weighted by Gasteiger charge is -2.32. The number of hydrogen-bond acceptors (Lipinski definition) is 15. The molecule has 1 aromatic carbocycles. The number of aliphatic hydroxyl groups is 1. The summed E-state index contributed by atoms with van der Waals surface area (Å²) in [5.74, 6) is -7.67. The third kappa shape index (κ3) is 16.5. The quantitative estimate of drug-likeness (QED) is 0.124. The van der Waals surface area contributed by atoms with Gasteiger partial charge in [-0.1, -0.05) is 71.9 Å². The predicted molar refractivity (Wildman–Crippen MR) is 338 cm³/mol. The van der Waals surface area contributed by atoms with Crippen molar-refractivity contribution in [2.24, 2.45) is 29.2 Å². The maximum atomic E-state index is 14.9. The van der Waals surface area contributed by atoms with Crippen molar-refractivity contribution in [3.05, 3.63) is 78.7 Å². The maximum Gasteiger partial charge on any atom is 0.262 e. The highest BCUT2D eigenvalue weighted by atomic mass is 32.1. The SMILES string of the molecule is Cc1sc2cc1C1=C(CCC1)c1cc(sc1C)C(=O)[C@H]1CCCN1C(=O)[C@H]([C@@H](C)O)NC(=O)[C@H](CCCN)NC(=O)[C@H](C(C)C)NC(=O)[C@@H]1CCCN1C(=O)[C@@H](Cc1ccccc1)NC(=O)[C@H](C(C)C)NC(=O)[C@H](CCCN)NC(=O)[C@H](C(C)C)NC2=O. The lowest BCUT2D eigenvalue weighted by molar-refractivity contribution is -0.143. The van der Waals surface area contributed by atoms with E-state index in [1.807, 2.05) is 32.0 Å². The number of aliphatic hydroxyl groups excluding tert-OH is 1. The fraction of sp³-hybridized carbons (Fsp3) is 0.594. The van der Waals surface area contributed by atoms with Crippen molar-refractivity contribution in [3.8, 4) is 0 Å². The van der Waals surface area contributed by atoms with E-state index in [-0.39, 0.29) is 64.1 Å². The number of rotatable bonds is 12. The van der Waals surface area contributed by atoms with E-state index in [4.69, 9.17) is 11.5 Å². The molecule has 3 aliphatic heterocycles. The van der Waals surface area contributed by atoms with Gasteiger partial charge in [-0.3, -0.25) is 47.9 Å². The Kier molecular flexibility index (Phi) is 24.2. The third-order valence-electron chi connectivity index (χ3n) is 17.2. The molecule has 0 spiro atoms. The summed E-state index contributed by atoms with van der Waals surface area (Å²) < 4.78 is 0. The van der Waals surface area contributed by atoms with Crippen LogP contribution in [0.15, 0.2) is 42.5 Å². The molecule has 2 saturated heterocycles. The Balaban J connectivity index is 1.25. The van der Waals surface area contributed by atoms with Crippen LogP contribution in [0.4, 0.5) is 0 Å². The van der Waals surface area contributed by atoms with Crippen molar-refractivity contribution in [2.75, 3.05) is 26.2 Å². The number of fused-ring (bicyclic) bond motifs is 8. The number of carbonyl (C=O) groups excluding carboxylic acids is 10. The molecule has 480 valence electrons. The number of nitrogens with one attached hydrogen (secondary N) is 7. The summed E-state index contributed by atoms with van der Waals surface area (Å²) in [5, 5.41) is 31.0. The lowest BCUT2D eigenvalue weighted by atomic mass is 9.96. The zero-order valence-electron chi connectivity index (χ0n) is 52.3. The van der Waals surface area contributed by atoms with Gasteiger partial charge in [-0.15, -0.1) is 22.7 Å². The largest absolute Gasteiger partial charge is 0.391 e. The van der Waals surface area contributed by atoms with Gasteiger partial charge >= 0.3 is 0 Å². The monoisotopic (exact) mass is 1250 g/mol. The van der Waals surface area contributed by atoms with Crippen molar-refractivity contribution >= 4 is 92.8 Å². The van der Waals surface area contributed by atoms with Gasteiger partial charge in [-0.05, 0) is 162 Å². The van der Waals surface area contributed by atoms with E-state index in [1.165, 1.54) is 39.4 Å². The molecule has 10 atom stereocenters. The highest BCUT2D eigenvalue weighted by Gasteiger charge is 2.44. The van der Waals surface area contributed by atoms with Gasteiger partial charge < -0.3 is 63.6 Å². The molecule has 5 heterocycles. The zero-order chi connectivity index (χ0) is 64.3. The van der Waals surface area contributed by atoms with E-state index >= 15 is 0 Å². The predicted octanol–water partition coefficient (Wildman–Crippen LogP) is 3.78. The second-order valence-electron chi connectivity index (χ2n) is 24.8. The van der Waals surface area contributed by atoms with Gasteiger partial charge in [0.15, 0.2) is 5.78 Å². The van der Waals surface area contributed by atoms with Crippen LogP contribution in [0.3, 0.4) is 0 Å². The van der Waals surface area contributed by atoms with Gasteiger partial charge in [-0.25, -0.2) is 0 Å². The molecule has 0 saturated carbocycles. The molecule has 9 amide bonds. The first-order valence-corrected chi connectivity index (χ1v) is 32.8. The molecule has 4 aliphatic rings. The van der Waals surface area contributed by atoms with Crippen LogP contribution in [0.2, 0.25) is 0 Å². The van der Waals surface area contributed by atoms with E-state index in [0.29, 0.717) is 53.8 Å². The minimum atomic E-state index is -1.51. The van der Waals surface area contributed by atoms with Gasteiger partial charge in [0.05, 0.1) is 21.9 Å². The second kappa shape index (κ2) is 31.1. The van der Waals surface area contributed by atoms with Gasteiger partial charge in [0.1, 0.15) is 48.3 Å². The Morgan fingerprint density at radius 2 is 0.966 bits per heavy atom. The van der Waals surface area contributed by atoms with Crippen LogP contribution < -0.4 is 48.7 Å². The molecular weight excluding hydrogens is 1160 g/mol. The Hall–Kier alpha value is -6.86. The number of carbonyl (C=O) groups is 10. The second-order valence-corrected chi connectivity index (χ2v) is 27.3. The molecule has 0 radical (unpaired) electrons. The van der Waals surface area contributed by atoms with Gasteiger partial charge in [0, 0.05) is 29.3 Å². The lowest BCUT2D eigenvalue weighted by Crippen LogP contribution is -2.62. The standard InChI is InChI=1S/C64H91N11O11S2/c1-33(2)51-62(84)69-46(30-39-18-11-10-12-19-39)63(85)75-29-17-25-48(75)58(80)71-52(34(3)4)60(82)68-45(23-15-27-66)57(79)73-54(36(7)76)64(86)74-28-16-24-47(74)55(77)49-31-42(37(8)87-49)40-20-13-21-41(40)43-32-50(88-38(43)9)59(81)72-53(35(5)6)61(83)67-44(22-14-26-65)56(78)70-51/h10-12,18-19,31-36,44-48,51-54,76H,13-17,20-30,65-66H2,1-9H3,(H,67,83)(H,68,82)(H,69,84)(H,70,78)(H,71,80)(H,72,81)(H,73,79)/t36-,44+,45+,46-,47-,48+,51+,52+,53+,54+/m1/s1. The minimum absolute atomic E-state index is 0.00863. The Labute approximate surface area is 524 Å². The number of allylic oxidation sites excluding steroid dienone is 2. The van der Waals surface area contributed by atoms with Crippen LogP contribution >= 0.6 is 22.7 Å². The molecule has 3 aromatic rings. The number of nitrogens with zero attached hydrogens (tertiary/aromatic N) is 2. The minimum Gasteiger partial charge on any atom is -0.391 e. The molecule has 7 rings (SSSR count). The van der Waals surface area contributed by atoms with Crippen molar-refractivity contribution in [3.63, 3.8) is 0 Å². The summed E-state index contributed by atoms with van der Waals surface area (Å²) in [7, 11) is 0. The maximum absolute atomic E-state index is 14.9. The highest BCUT2D eigenvalue weighted by molar-refractivity contribution is 7.14. The molecule has 2 aromatic heterocycles. The number of amides is 9. The smallest absolute Gasteiger partial charge is 0.262 e. The third-order valence-corrected chi connectivity index (χ3v) is 19.3. The number of thiophene rings is 2. The Bertz CT molecular complexity index is 3080. The van der Waals surface area contributed by atoms with Crippen LogP contribution in [0.5, 0.6) is 0 Å². The molecular formula is C64H91N11O11S2. The van der Waals surface area contributed by atoms with Crippen LogP contribution in [0, 0.1) is 31.6 Å². The number of aryl methyl sites for hydroxylation is 2. The first-order chi connectivity index (χ1) is 41.8. The normalized spacial score (nSPS) is 25.9. The van der Waals surface area contributed by atoms with Crippen molar-refractivity contribution in [2.45, 2.75) is 200 Å². The fourth-order valence-corrected chi connectivity index (χ4v) is 14.2. The van der Waals surface area contributed by atoms with E-state index < -0.39 is 131 Å². The molecule has 4 bridgehead atoms. The average Bonchev–Trinajstić information content (AvgIpc) is 1.90. The number of benzene rings is 1.